The van der Waals surface area contributed by atoms with Crippen molar-refractivity contribution < 1.29 is 17.9 Å². The van der Waals surface area contributed by atoms with Crippen LogP contribution in [-0.4, -0.2) is 30.9 Å². The van der Waals surface area contributed by atoms with Crippen LogP contribution in [0, 0.1) is 11.7 Å². The Morgan fingerprint density at radius 3 is 2.48 bits per heavy atom. The average Bonchev–Trinajstić information content (AvgIpc) is 2.45. The maximum absolute atomic E-state index is 14.3. The number of nitrogens with zero attached hydrogens (tertiary/aromatic N) is 1. The summed E-state index contributed by atoms with van der Waals surface area (Å²) in [5.74, 6) is -0.699. The molecule has 1 atom stereocenters. The molecule has 7 heteroatoms. The van der Waals surface area contributed by atoms with Crippen molar-refractivity contribution in [2.45, 2.75) is 38.7 Å². The number of hydrogen-bond acceptors (Lipinski definition) is 3. The van der Waals surface area contributed by atoms with Gasteiger partial charge >= 0.3 is 0 Å². The van der Waals surface area contributed by atoms with E-state index in [1.165, 1.54) is 16.4 Å². The molecule has 1 N–H and O–H groups in total. The van der Waals surface area contributed by atoms with E-state index in [2.05, 4.69) is 15.9 Å². The fraction of sp³-hybridized carbons (Fsp3) is 0.571. The Hall–Kier alpha value is -0.500. The zero-order chi connectivity index (χ0) is 16.2. The van der Waals surface area contributed by atoms with E-state index in [1.54, 1.807) is 6.92 Å². The molecule has 0 heterocycles. The van der Waals surface area contributed by atoms with Gasteiger partial charge in [-0.05, 0) is 18.1 Å². The number of hydrogen-bond donors (Lipinski definition) is 1. The maximum Gasteiger partial charge on any atom is 0.246 e. The minimum absolute atomic E-state index is 0.0393. The summed E-state index contributed by atoms with van der Waals surface area (Å²) in [5, 5.41) is 9.14. The third-order valence-electron chi connectivity index (χ3n) is 3.43. The van der Waals surface area contributed by atoms with Crippen LogP contribution in [-0.2, 0) is 16.6 Å². The Balaban J connectivity index is 3.32. The van der Waals surface area contributed by atoms with Gasteiger partial charge in [-0.3, -0.25) is 0 Å². The van der Waals surface area contributed by atoms with Crippen LogP contribution < -0.4 is 0 Å². The highest BCUT2D eigenvalue weighted by Gasteiger charge is 2.28. The van der Waals surface area contributed by atoms with Crippen molar-refractivity contribution >= 4 is 26.0 Å². The summed E-state index contributed by atoms with van der Waals surface area (Å²) >= 11 is 3.16. The van der Waals surface area contributed by atoms with Crippen molar-refractivity contribution in [3.8, 4) is 0 Å². The first kappa shape index (κ1) is 18.5. The van der Waals surface area contributed by atoms with Gasteiger partial charge in [-0.1, -0.05) is 43.1 Å². The topological polar surface area (TPSA) is 57.6 Å². The number of sulfonamides is 1. The SMILES string of the molecule is CCC(C)CN(CC)S(=O)(=O)c1cc(Br)cc(CO)c1F. The van der Waals surface area contributed by atoms with Gasteiger partial charge in [0, 0.05) is 23.1 Å². The number of rotatable bonds is 7. The van der Waals surface area contributed by atoms with Gasteiger partial charge in [0.25, 0.3) is 0 Å². The Bertz CT molecular complexity index is 592. The quantitative estimate of drug-likeness (QED) is 0.788. The monoisotopic (exact) mass is 381 g/mol. The third-order valence-corrected chi connectivity index (χ3v) is 5.83. The largest absolute Gasteiger partial charge is 0.392 e. The van der Waals surface area contributed by atoms with Crippen LogP contribution >= 0.6 is 15.9 Å². The van der Waals surface area contributed by atoms with Gasteiger partial charge in [0.1, 0.15) is 10.7 Å². The first-order chi connectivity index (χ1) is 9.77. The summed E-state index contributed by atoms with van der Waals surface area (Å²) in [4.78, 5) is -0.397. The Morgan fingerprint density at radius 2 is 2.00 bits per heavy atom. The van der Waals surface area contributed by atoms with Crippen molar-refractivity contribution in [1.29, 1.82) is 0 Å². The molecule has 0 amide bonds. The van der Waals surface area contributed by atoms with E-state index in [9.17, 15) is 12.8 Å². The van der Waals surface area contributed by atoms with Gasteiger partial charge in [-0.15, -0.1) is 0 Å². The van der Waals surface area contributed by atoms with Crippen LogP contribution in [0.4, 0.5) is 4.39 Å². The average molecular weight is 382 g/mol. The molecular weight excluding hydrogens is 361 g/mol. The van der Waals surface area contributed by atoms with Gasteiger partial charge in [0.15, 0.2) is 0 Å². The van der Waals surface area contributed by atoms with Gasteiger partial charge in [0.2, 0.25) is 10.0 Å². The molecule has 120 valence electrons. The molecule has 1 aromatic rings. The fourth-order valence-corrected chi connectivity index (χ4v) is 4.29. The predicted molar refractivity (Wildman–Crippen MR) is 83.9 cm³/mol. The number of aliphatic hydroxyl groups excluding tert-OH is 1. The number of halogens is 2. The molecule has 0 aromatic heterocycles. The molecule has 4 nitrogen and oxygen atoms in total. The highest BCUT2D eigenvalue weighted by Crippen LogP contribution is 2.27. The second kappa shape index (κ2) is 7.67. The van der Waals surface area contributed by atoms with E-state index >= 15 is 0 Å². The van der Waals surface area contributed by atoms with Gasteiger partial charge in [-0.2, -0.15) is 4.31 Å². The van der Waals surface area contributed by atoms with Crippen molar-refractivity contribution in [3.63, 3.8) is 0 Å². The maximum atomic E-state index is 14.3. The summed E-state index contributed by atoms with van der Waals surface area (Å²) in [7, 11) is -3.92. The Kier molecular flexibility index (Phi) is 6.77. The highest BCUT2D eigenvalue weighted by molar-refractivity contribution is 9.10. The highest BCUT2D eigenvalue weighted by atomic mass is 79.9. The summed E-state index contributed by atoms with van der Waals surface area (Å²) in [6.07, 6.45) is 0.842. The summed E-state index contributed by atoms with van der Waals surface area (Å²) in [6.45, 7) is 5.72. The molecule has 0 bridgehead atoms. The molecular formula is C14H21BrFNO3S. The third kappa shape index (κ3) is 4.25. The molecule has 0 aliphatic rings. The van der Waals surface area contributed by atoms with Crippen LogP contribution in [0.15, 0.2) is 21.5 Å². The lowest BCUT2D eigenvalue weighted by atomic mass is 10.1. The number of benzene rings is 1. The van der Waals surface area contributed by atoms with Crippen LogP contribution in [0.25, 0.3) is 0 Å². The lowest BCUT2D eigenvalue weighted by Gasteiger charge is -2.24. The van der Waals surface area contributed by atoms with Crippen molar-refractivity contribution in [3.05, 3.63) is 28.0 Å². The molecule has 1 rings (SSSR count). The molecule has 0 radical (unpaired) electrons. The van der Waals surface area contributed by atoms with Crippen molar-refractivity contribution in [2.75, 3.05) is 13.1 Å². The van der Waals surface area contributed by atoms with Gasteiger partial charge in [0.05, 0.1) is 6.61 Å². The first-order valence-corrected chi connectivity index (χ1v) is 9.10. The molecule has 0 saturated heterocycles. The van der Waals surface area contributed by atoms with E-state index in [0.29, 0.717) is 11.0 Å². The lowest BCUT2D eigenvalue weighted by Crippen LogP contribution is -2.35. The molecule has 21 heavy (non-hydrogen) atoms. The molecule has 0 saturated carbocycles. The summed E-state index contributed by atoms with van der Waals surface area (Å²) < 4.78 is 41.3. The Morgan fingerprint density at radius 1 is 1.38 bits per heavy atom. The molecule has 1 aromatic carbocycles. The number of aliphatic hydroxyl groups is 1. The standard InChI is InChI=1S/C14H21BrFNO3S/c1-4-10(3)8-17(5-2)21(19,20)13-7-12(15)6-11(9-18)14(13)16/h6-7,10,18H,4-5,8-9H2,1-3H3. The second-order valence-corrected chi connectivity index (χ2v) is 7.83. The molecule has 0 fully saturated rings. The van der Waals surface area contributed by atoms with Crippen LogP contribution in [0.3, 0.4) is 0 Å². The summed E-state index contributed by atoms with van der Waals surface area (Å²) in [5.41, 5.74) is -0.0393. The molecule has 1 unspecified atom stereocenters. The smallest absolute Gasteiger partial charge is 0.246 e. The summed E-state index contributed by atoms with van der Waals surface area (Å²) in [6, 6.07) is 2.61. The zero-order valence-electron chi connectivity index (χ0n) is 12.4. The minimum Gasteiger partial charge on any atom is -0.392 e. The Labute approximate surface area is 134 Å². The van der Waals surface area contributed by atoms with E-state index < -0.39 is 27.3 Å². The molecule has 0 spiro atoms. The van der Waals surface area contributed by atoms with Gasteiger partial charge < -0.3 is 5.11 Å². The minimum atomic E-state index is -3.92. The van der Waals surface area contributed by atoms with Crippen molar-refractivity contribution in [2.24, 2.45) is 5.92 Å². The van der Waals surface area contributed by atoms with Crippen LogP contribution in [0.2, 0.25) is 0 Å². The van der Waals surface area contributed by atoms with Gasteiger partial charge in [-0.25, -0.2) is 12.8 Å². The van der Waals surface area contributed by atoms with Crippen LogP contribution in [0.5, 0.6) is 0 Å². The lowest BCUT2D eigenvalue weighted by molar-refractivity contribution is 0.274. The zero-order valence-corrected chi connectivity index (χ0v) is 14.8. The van der Waals surface area contributed by atoms with E-state index in [4.69, 9.17) is 5.11 Å². The van der Waals surface area contributed by atoms with Crippen LogP contribution in [0.1, 0.15) is 32.8 Å². The molecule has 0 aliphatic heterocycles. The van der Waals surface area contributed by atoms with Crippen molar-refractivity contribution in [1.82, 2.24) is 4.31 Å². The predicted octanol–water partition coefficient (Wildman–Crippen LogP) is 3.14. The van der Waals surface area contributed by atoms with E-state index in [0.717, 1.165) is 6.42 Å². The van der Waals surface area contributed by atoms with E-state index in [1.807, 2.05) is 13.8 Å². The first-order valence-electron chi connectivity index (χ1n) is 6.86. The fourth-order valence-electron chi connectivity index (χ4n) is 1.93. The molecule has 0 aliphatic carbocycles. The second-order valence-electron chi connectivity index (χ2n) is 5.00. The van der Waals surface area contributed by atoms with E-state index in [-0.39, 0.29) is 18.0 Å². The normalized spacial score (nSPS) is 13.7.